The number of carboxylic acid groups (broad SMARTS) is 1. The third-order valence-electron chi connectivity index (χ3n) is 4.17. The lowest BCUT2D eigenvalue weighted by molar-refractivity contribution is -0.122. The van der Waals surface area contributed by atoms with E-state index in [0.717, 1.165) is 46.4 Å². The van der Waals surface area contributed by atoms with Gasteiger partial charge in [0.2, 0.25) is 0 Å². The maximum Gasteiger partial charge on any atom is 0.290 e. The molecule has 29 heavy (non-hydrogen) atoms. The molecule has 3 aromatic heterocycles. The Morgan fingerprint density at radius 1 is 1.14 bits per heavy atom. The highest BCUT2D eigenvalue weighted by molar-refractivity contribution is 7.13. The maximum atomic E-state index is 8.36. The zero-order valence-corrected chi connectivity index (χ0v) is 16.6. The Morgan fingerprint density at radius 3 is 2.69 bits per heavy atom. The zero-order chi connectivity index (χ0) is 20.5. The van der Waals surface area contributed by atoms with E-state index in [1.54, 1.807) is 24.6 Å². The van der Waals surface area contributed by atoms with Gasteiger partial charge in [0.05, 0.1) is 12.7 Å². The summed E-state index contributed by atoms with van der Waals surface area (Å²) in [6, 6.07) is 12.1. The summed E-state index contributed by atoms with van der Waals surface area (Å²) < 4.78 is 7.66. The number of aryl methyl sites for hydroxylation is 2. The predicted octanol–water partition coefficient (Wildman–Crippen LogP) is 4.02. The van der Waals surface area contributed by atoms with Gasteiger partial charge in [-0.2, -0.15) is 0 Å². The third-order valence-corrected chi connectivity index (χ3v) is 4.98. The number of imidazole rings is 1. The number of aromatic nitrogens is 4. The van der Waals surface area contributed by atoms with Crippen LogP contribution in [-0.2, 0) is 17.8 Å². The summed E-state index contributed by atoms with van der Waals surface area (Å²) in [5, 5.41) is 9.80. The van der Waals surface area contributed by atoms with Crippen molar-refractivity contribution in [1.29, 1.82) is 0 Å². The van der Waals surface area contributed by atoms with E-state index in [4.69, 9.17) is 14.6 Å². The summed E-state index contributed by atoms with van der Waals surface area (Å²) in [4.78, 5) is 21.7. The largest absolute Gasteiger partial charge is 0.496 e. The van der Waals surface area contributed by atoms with Gasteiger partial charge in [-0.3, -0.25) is 9.78 Å². The van der Waals surface area contributed by atoms with E-state index in [1.165, 1.54) is 0 Å². The highest BCUT2D eigenvalue weighted by Crippen LogP contribution is 2.34. The van der Waals surface area contributed by atoms with Gasteiger partial charge in [0.25, 0.3) is 6.47 Å². The molecule has 0 atom stereocenters. The smallest absolute Gasteiger partial charge is 0.290 e. The van der Waals surface area contributed by atoms with Crippen LogP contribution in [-0.4, -0.2) is 38.2 Å². The Kier molecular flexibility index (Phi) is 7.07. The molecule has 0 aliphatic carbocycles. The minimum Gasteiger partial charge on any atom is -0.496 e. The minimum absolute atomic E-state index is 0.250. The average Bonchev–Trinajstić information content (AvgIpc) is 3.45. The number of nitrogens with zero attached hydrogens (tertiary/aromatic N) is 4. The molecule has 148 valence electrons. The van der Waals surface area contributed by atoms with Gasteiger partial charge in [-0.05, 0) is 30.3 Å². The van der Waals surface area contributed by atoms with Gasteiger partial charge >= 0.3 is 0 Å². The fraction of sp³-hybridized carbons (Fsp3) is 0.143. The first kappa shape index (κ1) is 20.2. The summed E-state index contributed by atoms with van der Waals surface area (Å²) in [5.74, 6) is 1.75. The van der Waals surface area contributed by atoms with Crippen LogP contribution in [0.1, 0.15) is 5.69 Å². The van der Waals surface area contributed by atoms with Crippen LogP contribution in [0.4, 0.5) is 0 Å². The number of benzene rings is 1. The molecular weight excluding hydrogens is 388 g/mol. The van der Waals surface area contributed by atoms with Crippen LogP contribution in [0.25, 0.3) is 22.0 Å². The Balaban J connectivity index is 0.000000755. The van der Waals surface area contributed by atoms with E-state index in [1.807, 2.05) is 54.3 Å². The van der Waals surface area contributed by atoms with E-state index in [2.05, 4.69) is 25.6 Å². The van der Waals surface area contributed by atoms with Gasteiger partial charge in [0.15, 0.2) is 0 Å². The molecule has 1 N–H and O–H groups in total. The molecule has 0 saturated heterocycles. The zero-order valence-electron chi connectivity index (χ0n) is 15.8. The van der Waals surface area contributed by atoms with Crippen LogP contribution >= 0.6 is 11.3 Å². The molecule has 8 heteroatoms. The third kappa shape index (κ3) is 5.05. The molecule has 0 spiro atoms. The van der Waals surface area contributed by atoms with E-state index in [9.17, 15) is 0 Å². The summed E-state index contributed by atoms with van der Waals surface area (Å²) in [6.45, 7) is 0.574. The molecule has 1 aromatic carbocycles. The van der Waals surface area contributed by atoms with Gasteiger partial charge < -0.3 is 14.4 Å². The molecule has 0 radical (unpaired) electrons. The highest BCUT2D eigenvalue weighted by Gasteiger charge is 2.13. The number of hydrogen-bond acceptors (Lipinski definition) is 6. The monoisotopic (exact) mass is 408 g/mol. The molecule has 0 amide bonds. The topological polar surface area (TPSA) is 90.1 Å². The number of thiazole rings is 1. The lowest BCUT2D eigenvalue weighted by atomic mass is 10.1. The van der Waals surface area contributed by atoms with Crippen molar-refractivity contribution in [3.63, 3.8) is 0 Å². The SMILES string of the molecule is COc1ccc(-c2nccn2CCc2ccccn2)cc1-c1nccs1.O=CO. The number of methoxy groups -OCH3 is 1. The lowest BCUT2D eigenvalue weighted by Gasteiger charge is -2.11. The van der Waals surface area contributed by atoms with Crippen molar-refractivity contribution in [3.8, 4) is 27.7 Å². The van der Waals surface area contributed by atoms with Crippen LogP contribution in [0.15, 0.2) is 66.6 Å². The summed E-state index contributed by atoms with van der Waals surface area (Å²) in [6.07, 6.45) is 8.33. The second kappa shape index (κ2) is 10.1. The molecular formula is C21H20N4O3S. The molecule has 4 rings (SSSR count). The number of rotatable bonds is 6. The number of carbonyl (C=O) groups is 1. The second-order valence-corrected chi connectivity index (χ2v) is 6.77. The summed E-state index contributed by atoms with van der Waals surface area (Å²) in [7, 11) is 1.68. The average molecular weight is 408 g/mol. The van der Waals surface area contributed by atoms with Crippen molar-refractivity contribution in [2.75, 3.05) is 7.11 Å². The van der Waals surface area contributed by atoms with Gasteiger partial charge in [-0.1, -0.05) is 6.07 Å². The fourth-order valence-electron chi connectivity index (χ4n) is 2.90. The first-order chi connectivity index (χ1) is 14.3. The Labute approximate surface area is 172 Å². The van der Waals surface area contributed by atoms with Crippen molar-refractivity contribution in [2.24, 2.45) is 0 Å². The molecule has 4 aromatic rings. The molecule has 0 unspecified atom stereocenters. The number of ether oxygens (including phenoxy) is 1. The minimum atomic E-state index is -0.250. The second-order valence-electron chi connectivity index (χ2n) is 5.87. The highest BCUT2D eigenvalue weighted by atomic mass is 32.1. The van der Waals surface area contributed by atoms with E-state index < -0.39 is 0 Å². The Hall–Kier alpha value is -3.52. The van der Waals surface area contributed by atoms with E-state index >= 15 is 0 Å². The van der Waals surface area contributed by atoms with Crippen molar-refractivity contribution < 1.29 is 14.6 Å². The van der Waals surface area contributed by atoms with Crippen LogP contribution < -0.4 is 4.74 Å². The predicted molar refractivity (Wildman–Crippen MR) is 112 cm³/mol. The Bertz CT molecular complexity index is 1030. The summed E-state index contributed by atoms with van der Waals surface area (Å²) >= 11 is 1.60. The van der Waals surface area contributed by atoms with Crippen molar-refractivity contribution in [1.82, 2.24) is 19.5 Å². The van der Waals surface area contributed by atoms with Gasteiger partial charge in [0.1, 0.15) is 16.6 Å². The molecule has 0 aliphatic heterocycles. The number of hydrogen-bond donors (Lipinski definition) is 1. The molecule has 0 fully saturated rings. The van der Waals surface area contributed by atoms with Crippen LogP contribution in [0, 0.1) is 0 Å². The maximum absolute atomic E-state index is 8.36. The summed E-state index contributed by atoms with van der Waals surface area (Å²) in [5.41, 5.74) is 3.10. The first-order valence-electron chi connectivity index (χ1n) is 8.84. The molecule has 7 nitrogen and oxygen atoms in total. The first-order valence-corrected chi connectivity index (χ1v) is 9.72. The van der Waals surface area contributed by atoms with Crippen molar-refractivity contribution in [2.45, 2.75) is 13.0 Å². The van der Waals surface area contributed by atoms with E-state index in [-0.39, 0.29) is 6.47 Å². The normalized spacial score (nSPS) is 10.1. The Morgan fingerprint density at radius 2 is 2.00 bits per heavy atom. The lowest BCUT2D eigenvalue weighted by Crippen LogP contribution is -2.03. The number of pyridine rings is 1. The molecule has 3 heterocycles. The van der Waals surface area contributed by atoms with Gasteiger partial charge in [0, 0.05) is 54.4 Å². The molecule has 0 bridgehead atoms. The van der Waals surface area contributed by atoms with E-state index in [0.29, 0.717) is 0 Å². The van der Waals surface area contributed by atoms with Crippen LogP contribution in [0.5, 0.6) is 5.75 Å². The molecule has 0 saturated carbocycles. The van der Waals surface area contributed by atoms with Gasteiger partial charge in [-0.25, -0.2) is 9.97 Å². The standard InChI is InChI=1S/C20H18N4OS.CH2O2/c1-25-18-6-5-15(14-17(18)20-23-10-13-26-20)19-22-9-12-24(19)11-7-16-4-2-3-8-21-16;2-1-3/h2-6,8-10,12-14H,7,11H2,1H3;1H,(H,2,3). The van der Waals surface area contributed by atoms with Crippen molar-refractivity contribution >= 4 is 17.8 Å². The van der Waals surface area contributed by atoms with Crippen LogP contribution in [0.2, 0.25) is 0 Å². The molecule has 0 aliphatic rings. The quantitative estimate of drug-likeness (QED) is 0.485. The van der Waals surface area contributed by atoms with Gasteiger partial charge in [-0.15, -0.1) is 11.3 Å². The van der Waals surface area contributed by atoms with Crippen molar-refractivity contribution in [3.05, 3.63) is 72.3 Å². The van der Waals surface area contributed by atoms with Crippen LogP contribution in [0.3, 0.4) is 0 Å². The fourth-order valence-corrected chi connectivity index (χ4v) is 3.56.